The van der Waals surface area contributed by atoms with Crippen LogP contribution in [0, 0.1) is 5.82 Å². The number of carbonyl (C=O) groups is 1. The number of nitrogens with two attached hydrogens (primary N) is 1. The predicted octanol–water partition coefficient (Wildman–Crippen LogP) is 0.242. The molecular formula is C12H18FN3O2. The number of halogens is 1. The van der Waals surface area contributed by atoms with Gasteiger partial charge in [0.2, 0.25) is 0 Å². The quantitative estimate of drug-likeness (QED) is 0.400. The lowest BCUT2D eigenvalue weighted by molar-refractivity contribution is 0.0953. The fraction of sp³-hybridized carbons (Fsp3) is 0.417. The number of amides is 1. The third-order valence-corrected chi connectivity index (χ3v) is 2.46. The van der Waals surface area contributed by atoms with Gasteiger partial charge in [-0.15, -0.1) is 0 Å². The zero-order valence-corrected chi connectivity index (χ0v) is 10.5. The molecule has 0 spiro atoms. The molecule has 6 heteroatoms. The van der Waals surface area contributed by atoms with E-state index in [1.165, 1.54) is 18.2 Å². The minimum atomic E-state index is -0.492. The highest BCUT2D eigenvalue weighted by atomic mass is 19.1. The third-order valence-electron chi connectivity index (χ3n) is 2.46. The van der Waals surface area contributed by atoms with Gasteiger partial charge in [-0.2, -0.15) is 0 Å². The predicted molar refractivity (Wildman–Crippen MR) is 66.1 cm³/mol. The van der Waals surface area contributed by atoms with Crippen molar-refractivity contribution in [1.29, 1.82) is 0 Å². The average molecular weight is 255 g/mol. The first kappa shape index (κ1) is 14.6. The third kappa shape index (κ3) is 4.06. The number of benzene rings is 1. The first-order valence-electron chi connectivity index (χ1n) is 5.60. The van der Waals surface area contributed by atoms with Crippen molar-refractivity contribution in [2.24, 2.45) is 5.84 Å². The van der Waals surface area contributed by atoms with Gasteiger partial charge in [0.1, 0.15) is 5.82 Å². The van der Waals surface area contributed by atoms with E-state index in [0.29, 0.717) is 24.2 Å². The summed E-state index contributed by atoms with van der Waals surface area (Å²) >= 11 is 0. The Morgan fingerprint density at radius 2 is 2.28 bits per heavy atom. The van der Waals surface area contributed by atoms with Gasteiger partial charge in [0.05, 0.1) is 6.10 Å². The van der Waals surface area contributed by atoms with Gasteiger partial charge in [-0.1, -0.05) is 0 Å². The second-order valence-corrected chi connectivity index (χ2v) is 4.33. The molecule has 1 atom stereocenters. The summed E-state index contributed by atoms with van der Waals surface area (Å²) in [7, 11) is 1.77. The fourth-order valence-electron chi connectivity index (χ4n) is 1.73. The largest absolute Gasteiger partial charge is 0.392 e. The van der Waals surface area contributed by atoms with Gasteiger partial charge in [0.15, 0.2) is 0 Å². The number of nitrogen functional groups attached to an aromatic ring is 1. The second-order valence-electron chi connectivity index (χ2n) is 4.33. The SMILES string of the molecule is CC(O)CN(C)Cc1cc(C(=O)NN)ccc1F. The van der Waals surface area contributed by atoms with E-state index in [0.717, 1.165) is 0 Å². The number of aliphatic hydroxyl groups is 1. The number of likely N-dealkylation sites (N-methyl/N-ethyl adjacent to an activating group) is 1. The Bertz CT molecular complexity index is 424. The van der Waals surface area contributed by atoms with Crippen molar-refractivity contribution in [2.45, 2.75) is 19.6 Å². The molecule has 0 bridgehead atoms. The molecule has 1 aromatic carbocycles. The Morgan fingerprint density at radius 3 is 2.83 bits per heavy atom. The summed E-state index contributed by atoms with van der Waals surface area (Å²) in [5.74, 6) is 4.17. The second kappa shape index (κ2) is 6.44. The summed E-state index contributed by atoms with van der Waals surface area (Å²) in [6.45, 7) is 2.39. The van der Waals surface area contributed by atoms with E-state index in [1.54, 1.807) is 18.9 Å². The average Bonchev–Trinajstić information content (AvgIpc) is 2.30. The molecular weight excluding hydrogens is 237 g/mol. The Labute approximate surface area is 105 Å². The van der Waals surface area contributed by atoms with Crippen LogP contribution >= 0.6 is 0 Å². The van der Waals surface area contributed by atoms with Crippen LogP contribution in [0.3, 0.4) is 0 Å². The molecule has 18 heavy (non-hydrogen) atoms. The molecule has 0 aliphatic heterocycles. The van der Waals surface area contributed by atoms with E-state index in [9.17, 15) is 14.3 Å². The van der Waals surface area contributed by atoms with Crippen molar-refractivity contribution in [2.75, 3.05) is 13.6 Å². The summed E-state index contributed by atoms with van der Waals surface area (Å²) in [5.41, 5.74) is 2.69. The van der Waals surface area contributed by atoms with Gasteiger partial charge in [-0.3, -0.25) is 15.1 Å². The topological polar surface area (TPSA) is 78.6 Å². The number of nitrogens with one attached hydrogen (secondary N) is 1. The van der Waals surface area contributed by atoms with Crippen molar-refractivity contribution in [3.8, 4) is 0 Å². The van der Waals surface area contributed by atoms with Crippen LogP contribution in [0.5, 0.6) is 0 Å². The molecule has 0 saturated heterocycles. The molecule has 0 saturated carbocycles. The van der Waals surface area contributed by atoms with Gasteiger partial charge in [-0.05, 0) is 32.2 Å². The van der Waals surface area contributed by atoms with Crippen LogP contribution in [0.4, 0.5) is 4.39 Å². The molecule has 1 amide bonds. The lowest BCUT2D eigenvalue weighted by Gasteiger charge is -2.19. The molecule has 1 aromatic rings. The first-order chi connectivity index (χ1) is 8.43. The molecule has 1 rings (SSSR count). The van der Waals surface area contributed by atoms with Crippen LogP contribution < -0.4 is 11.3 Å². The summed E-state index contributed by atoms with van der Waals surface area (Å²) < 4.78 is 13.6. The maximum absolute atomic E-state index is 13.6. The molecule has 1 unspecified atom stereocenters. The summed E-state index contributed by atoms with van der Waals surface area (Å²) in [4.78, 5) is 13.1. The van der Waals surface area contributed by atoms with Gasteiger partial charge in [0, 0.05) is 24.2 Å². The number of rotatable bonds is 5. The van der Waals surface area contributed by atoms with Crippen LogP contribution in [0.1, 0.15) is 22.8 Å². The van der Waals surface area contributed by atoms with E-state index < -0.39 is 12.0 Å². The Morgan fingerprint density at radius 1 is 1.61 bits per heavy atom. The van der Waals surface area contributed by atoms with Gasteiger partial charge in [0.25, 0.3) is 5.91 Å². The van der Waals surface area contributed by atoms with Crippen molar-refractivity contribution in [3.63, 3.8) is 0 Å². The monoisotopic (exact) mass is 255 g/mol. The van der Waals surface area contributed by atoms with Gasteiger partial charge in [-0.25, -0.2) is 10.2 Å². The highest BCUT2D eigenvalue weighted by Gasteiger charge is 2.11. The minimum Gasteiger partial charge on any atom is -0.392 e. The highest BCUT2D eigenvalue weighted by molar-refractivity contribution is 5.93. The Balaban J connectivity index is 2.84. The molecule has 5 nitrogen and oxygen atoms in total. The van der Waals surface area contributed by atoms with Crippen molar-refractivity contribution in [1.82, 2.24) is 10.3 Å². The van der Waals surface area contributed by atoms with Crippen LogP contribution in [-0.4, -0.2) is 35.6 Å². The van der Waals surface area contributed by atoms with Crippen LogP contribution in [0.15, 0.2) is 18.2 Å². The van der Waals surface area contributed by atoms with Crippen molar-refractivity contribution in [3.05, 3.63) is 35.1 Å². The summed E-state index contributed by atoms with van der Waals surface area (Å²) in [5, 5.41) is 9.23. The van der Waals surface area contributed by atoms with Crippen molar-refractivity contribution >= 4 is 5.91 Å². The molecule has 0 fully saturated rings. The van der Waals surface area contributed by atoms with E-state index in [2.05, 4.69) is 0 Å². The normalized spacial score (nSPS) is 12.6. The summed E-state index contributed by atoms with van der Waals surface area (Å²) in [6, 6.07) is 4.06. The van der Waals surface area contributed by atoms with E-state index >= 15 is 0 Å². The van der Waals surface area contributed by atoms with Crippen LogP contribution in [-0.2, 0) is 6.54 Å². The van der Waals surface area contributed by atoms with Crippen molar-refractivity contribution < 1.29 is 14.3 Å². The number of hydrazine groups is 1. The van der Waals surface area contributed by atoms with E-state index in [1.807, 2.05) is 5.43 Å². The first-order valence-corrected chi connectivity index (χ1v) is 5.60. The van der Waals surface area contributed by atoms with Gasteiger partial charge < -0.3 is 5.11 Å². The number of nitrogens with zero attached hydrogens (tertiary/aromatic N) is 1. The smallest absolute Gasteiger partial charge is 0.265 e. The molecule has 0 aromatic heterocycles. The van der Waals surface area contributed by atoms with Crippen LogP contribution in [0.25, 0.3) is 0 Å². The standard InChI is InChI=1S/C12H18FN3O2/c1-8(17)6-16(2)7-10-5-9(12(18)15-14)3-4-11(10)13/h3-5,8,17H,6-7,14H2,1-2H3,(H,15,18). The lowest BCUT2D eigenvalue weighted by Crippen LogP contribution is -2.30. The number of hydrogen-bond donors (Lipinski definition) is 3. The van der Waals surface area contributed by atoms with E-state index in [-0.39, 0.29) is 5.82 Å². The van der Waals surface area contributed by atoms with Crippen LogP contribution in [0.2, 0.25) is 0 Å². The minimum absolute atomic E-state index is 0.305. The molecule has 0 aliphatic rings. The highest BCUT2D eigenvalue weighted by Crippen LogP contribution is 2.13. The zero-order valence-electron chi connectivity index (χ0n) is 10.5. The van der Waals surface area contributed by atoms with E-state index in [4.69, 9.17) is 5.84 Å². The maximum atomic E-state index is 13.6. The number of carbonyl (C=O) groups excluding carboxylic acids is 1. The maximum Gasteiger partial charge on any atom is 0.265 e. The molecule has 0 radical (unpaired) electrons. The van der Waals surface area contributed by atoms with Gasteiger partial charge >= 0.3 is 0 Å². The number of aliphatic hydroxyl groups excluding tert-OH is 1. The molecule has 0 heterocycles. The number of hydrogen-bond acceptors (Lipinski definition) is 4. The Kier molecular flexibility index (Phi) is 5.21. The molecule has 4 N–H and O–H groups in total. The molecule has 100 valence electrons. The summed E-state index contributed by atoms with van der Waals surface area (Å²) in [6.07, 6.45) is -0.492. The molecule has 0 aliphatic carbocycles. The fourth-order valence-corrected chi connectivity index (χ4v) is 1.73. The zero-order chi connectivity index (χ0) is 13.7. The Hall–Kier alpha value is -1.50. The lowest BCUT2D eigenvalue weighted by atomic mass is 10.1.